The first kappa shape index (κ1) is 15.3. The monoisotopic (exact) mass is 326 g/mol. The number of benzene rings is 1. The number of hydrogen-bond acceptors (Lipinski definition) is 2. The third kappa shape index (κ3) is 1.87. The summed E-state index contributed by atoms with van der Waals surface area (Å²) in [4.78, 5) is 0. The van der Waals surface area contributed by atoms with E-state index in [1.54, 1.807) is 0 Å². The molecule has 0 amide bonds. The van der Waals surface area contributed by atoms with E-state index in [9.17, 15) is 10.2 Å². The number of hydrogen-bond donors (Lipinski definition) is 2. The van der Waals surface area contributed by atoms with Gasteiger partial charge in [-0.3, -0.25) is 0 Å². The molecular weight excluding hydrogens is 296 g/mol. The topological polar surface area (TPSA) is 40.5 Å². The highest BCUT2D eigenvalue weighted by Gasteiger charge is 2.63. The minimum atomic E-state index is -0.0836. The Bertz CT molecular complexity index is 660. The maximum atomic E-state index is 11.3. The molecule has 2 nitrogen and oxygen atoms in total. The van der Waals surface area contributed by atoms with E-state index in [0.717, 1.165) is 12.3 Å². The average Bonchev–Trinajstić information content (AvgIpc) is 3.13. The van der Waals surface area contributed by atoms with Gasteiger partial charge in [-0.15, -0.1) is 0 Å². The molecule has 0 aliphatic heterocycles. The van der Waals surface area contributed by atoms with Crippen molar-refractivity contribution in [3.8, 4) is 5.75 Å². The molecule has 130 valence electrons. The van der Waals surface area contributed by atoms with Crippen LogP contribution in [0.25, 0.3) is 0 Å². The van der Waals surface area contributed by atoms with Crippen molar-refractivity contribution < 1.29 is 10.2 Å². The van der Waals surface area contributed by atoms with E-state index in [1.807, 2.05) is 12.1 Å². The number of phenolic OH excluding ortho intramolecular Hbond substituents is 1. The molecule has 1 aromatic carbocycles. The number of phenols is 1. The molecule has 0 saturated heterocycles. The third-order valence-corrected chi connectivity index (χ3v) is 8.58. The molecule has 0 heterocycles. The highest BCUT2D eigenvalue weighted by atomic mass is 16.3. The summed E-state index contributed by atoms with van der Waals surface area (Å²) in [6.45, 7) is 2.40. The molecule has 0 aromatic heterocycles. The Kier molecular flexibility index (Phi) is 3.18. The molecule has 1 spiro atoms. The third-order valence-electron chi connectivity index (χ3n) is 8.58. The minimum absolute atomic E-state index is 0.0836. The fourth-order valence-electron chi connectivity index (χ4n) is 7.45. The second-order valence-electron chi connectivity index (χ2n) is 9.52. The minimum Gasteiger partial charge on any atom is -0.508 e. The zero-order valence-corrected chi connectivity index (χ0v) is 14.8. The van der Waals surface area contributed by atoms with Crippen LogP contribution in [0.15, 0.2) is 18.2 Å². The van der Waals surface area contributed by atoms with Crippen molar-refractivity contribution in [2.75, 3.05) is 0 Å². The summed E-state index contributed by atoms with van der Waals surface area (Å²) >= 11 is 0. The van der Waals surface area contributed by atoms with E-state index in [0.29, 0.717) is 17.6 Å². The molecule has 0 radical (unpaired) electrons. The lowest BCUT2D eigenvalue weighted by Gasteiger charge is -2.50. The van der Waals surface area contributed by atoms with E-state index in [2.05, 4.69) is 13.0 Å². The van der Waals surface area contributed by atoms with E-state index in [-0.39, 0.29) is 16.9 Å². The van der Waals surface area contributed by atoms with Crippen molar-refractivity contribution in [1.29, 1.82) is 0 Å². The Hall–Kier alpha value is -1.02. The molecule has 5 atom stereocenters. The Morgan fingerprint density at radius 2 is 1.88 bits per heavy atom. The van der Waals surface area contributed by atoms with Crippen molar-refractivity contribution in [2.24, 2.45) is 22.7 Å². The molecule has 3 fully saturated rings. The number of aromatic hydroxyl groups is 1. The highest BCUT2D eigenvalue weighted by molar-refractivity contribution is 5.40. The van der Waals surface area contributed by atoms with Gasteiger partial charge in [0, 0.05) is 0 Å². The summed E-state index contributed by atoms with van der Waals surface area (Å²) in [5, 5.41) is 21.1. The Morgan fingerprint density at radius 1 is 1.08 bits per heavy atom. The maximum Gasteiger partial charge on any atom is 0.115 e. The van der Waals surface area contributed by atoms with Gasteiger partial charge in [0.1, 0.15) is 5.75 Å². The van der Waals surface area contributed by atoms with Crippen molar-refractivity contribution >= 4 is 0 Å². The van der Waals surface area contributed by atoms with Crippen LogP contribution in [0, 0.1) is 22.7 Å². The van der Waals surface area contributed by atoms with E-state index in [1.165, 1.54) is 62.5 Å². The van der Waals surface area contributed by atoms with E-state index in [4.69, 9.17) is 0 Å². The number of aliphatic hydroxyl groups excluding tert-OH is 1. The van der Waals surface area contributed by atoms with E-state index < -0.39 is 0 Å². The average molecular weight is 326 g/mol. The van der Waals surface area contributed by atoms with Crippen LogP contribution in [0.2, 0.25) is 0 Å². The lowest BCUT2D eigenvalue weighted by atomic mass is 9.55. The van der Waals surface area contributed by atoms with Crippen LogP contribution in [0.4, 0.5) is 0 Å². The lowest BCUT2D eigenvalue weighted by Crippen LogP contribution is -2.45. The van der Waals surface area contributed by atoms with Crippen molar-refractivity contribution in [2.45, 2.75) is 76.7 Å². The quantitative estimate of drug-likeness (QED) is 0.720. The summed E-state index contributed by atoms with van der Waals surface area (Å²) < 4.78 is 0. The Morgan fingerprint density at radius 3 is 2.67 bits per heavy atom. The summed E-state index contributed by atoms with van der Waals surface area (Å²) in [5.41, 5.74) is 3.24. The van der Waals surface area contributed by atoms with Gasteiger partial charge in [-0.2, -0.15) is 0 Å². The fourth-order valence-corrected chi connectivity index (χ4v) is 7.45. The number of rotatable bonds is 0. The van der Waals surface area contributed by atoms with Gasteiger partial charge in [0.2, 0.25) is 0 Å². The molecule has 0 bridgehead atoms. The SMILES string of the molecule is C[C@@]12CC[C@H]3c4ccc(O)cc4CC[C@@H]3[C@H]1CC1(CCCC1)[C@H]2O. The molecule has 2 heteroatoms. The summed E-state index contributed by atoms with van der Waals surface area (Å²) in [5.74, 6) is 2.48. The molecule has 2 N–H and O–H groups in total. The van der Waals surface area contributed by atoms with Crippen LogP contribution >= 0.6 is 0 Å². The molecule has 1 aromatic rings. The lowest BCUT2D eigenvalue weighted by molar-refractivity contribution is -0.0530. The van der Waals surface area contributed by atoms with Gasteiger partial charge in [0.25, 0.3) is 0 Å². The van der Waals surface area contributed by atoms with Gasteiger partial charge in [-0.1, -0.05) is 25.8 Å². The number of aliphatic hydroxyl groups is 1. The zero-order chi connectivity index (χ0) is 16.5. The molecule has 0 unspecified atom stereocenters. The summed E-state index contributed by atoms with van der Waals surface area (Å²) in [6, 6.07) is 6.04. The highest BCUT2D eigenvalue weighted by Crippen LogP contribution is 2.68. The first-order valence-corrected chi connectivity index (χ1v) is 10.0. The molecule has 5 rings (SSSR count). The van der Waals surface area contributed by atoms with Crippen LogP contribution in [-0.2, 0) is 6.42 Å². The van der Waals surface area contributed by atoms with Crippen LogP contribution in [0.1, 0.15) is 75.3 Å². The summed E-state index contributed by atoms with van der Waals surface area (Å²) in [6.07, 6.45) is 11.0. The Balaban J connectivity index is 1.52. The van der Waals surface area contributed by atoms with Crippen LogP contribution < -0.4 is 0 Å². The molecule has 3 saturated carbocycles. The van der Waals surface area contributed by atoms with Crippen molar-refractivity contribution in [3.63, 3.8) is 0 Å². The van der Waals surface area contributed by atoms with Crippen LogP contribution in [0.3, 0.4) is 0 Å². The smallest absolute Gasteiger partial charge is 0.115 e. The molecule has 4 aliphatic carbocycles. The van der Waals surface area contributed by atoms with Gasteiger partial charge in [-0.05, 0) is 96.8 Å². The van der Waals surface area contributed by atoms with Crippen LogP contribution in [0.5, 0.6) is 5.75 Å². The van der Waals surface area contributed by atoms with Gasteiger partial charge in [-0.25, -0.2) is 0 Å². The van der Waals surface area contributed by atoms with Crippen LogP contribution in [-0.4, -0.2) is 16.3 Å². The first-order valence-electron chi connectivity index (χ1n) is 10.0. The number of fused-ring (bicyclic) bond motifs is 5. The van der Waals surface area contributed by atoms with Gasteiger partial charge < -0.3 is 10.2 Å². The zero-order valence-electron chi connectivity index (χ0n) is 14.8. The standard InChI is InChI=1S/C22H30O2/c1-21-11-8-17-16-7-5-15(23)12-14(16)4-6-18(17)19(21)13-22(20(21)24)9-2-3-10-22/h5,7,12,17-20,23-24H,2-4,6,8-11,13H2,1H3/t17-,18-,19+,20-,21+/m0/s1. The Labute approximate surface area is 145 Å². The summed E-state index contributed by atoms with van der Waals surface area (Å²) in [7, 11) is 0. The number of aryl methyl sites for hydroxylation is 1. The largest absolute Gasteiger partial charge is 0.508 e. The predicted molar refractivity (Wildman–Crippen MR) is 95.0 cm³/mol. The second-order valence-corrected chi connectivity index (χ2v) is 9.52. The maximum absolute atomic E-state index is 11.3. The van der Waals surface area contributed by atoms with Crippen molar-refractivity contribution in [3.05, 3.63) is 29.3 Å². The molecule has 4 aliphatic rings. The normalized spacial score (nSPS) is 42.6. The first-order chi connectivity index (χ1) is 11.5. The van der Waals surface area contributed by atoms with Gasteiger partial charge in [0.15, 0.2) is 0 Å². The predicted octanol–water partition coefficient (Wildman–Crippen LogP) is 4.78. The van der Waals surface area contributed by atoms with Gasteiger partial charge in [0.05, 0.1) is 6.10 Å². The second kappa shape index (κ2) is 5.00. The molecule has 24 heavy (non-hydrogen) atoms. The fraction of sp³-hybridized carbons (Fsp3) is 0.727. The molecular formula is C22H30O2. The van der Waals surface area contributed by atoms with Gasteiger partial charge >= 0.3 is 0 Å². The van der Waals surface area contributed by atoms with E-state index >= 15 is 0 Å². The van der Waals surface area contributed by atoms with Crippen molar-refractivity contribution in [1.82, 2.24) is 0 Å².